The Bertz CT molecular complexity index is 800. The van der Waals surface area contributed by atoms with Gasteiger partial charge in [-0.1, -0.05) is 0 Å². The molecule has 1 atom stereocenters. The second kappa shape index (κ2) is 5.93. The summed E-state index contributed by atoms with van der Waals surface area (Å²) < 4.78 is 29.0. The quantitative estimate of drug-likeness (QED) is 0.845. The molecule has 7 nitrogen and oxygen atoms in total. The Balaban J connectivity index is 1.96. The Kier molecular flexibility index (Phi) is 4.11. The summed E-state index contributed by atoms with van der Waals surface area (Å²) >= 11 is 0. The second-order valence-electron chi connectivity index (χ2n) is 5.99. The number of anilines is 1. The molecule has 1 fully saturated rings. The molecule has 0 radical (unpaired) electrons. The normalized spacial score (nSPS) is 19.2. The fourth-order valence-corrected chi connectivity index (χ4v) is 4.54. The van der Waals surface area contributed by atoms with Crippen molar-refractivity contribution in [3.8, 4) is 0 Å². The Morgan fingerprint density at radius 3 is 2.74 bits per heavy atom. The van der Waals surface area contributed by atoms with Gasteiger partial charge in [0.2, 0.25) is 0 Å². The molecule has 1 aliphatic heterocycles. The maximum Gasteiger partial charge on any atom is 0.262 e. The summed E-state index contributed by atoms with van der Waals surface area (Å²) in [6.45, 7) is 0.517. The molecule has 1 aliphatic rings. The van der Waals surface area contributed by atoms with Gasteiger partial charge in [0.05, 0.1) is 12.4 Å². The van der Waals surface area contributed by atoms with Crippen LogP contribution in [0.25, 0.3) is 0 Å². The summed E-state index contributed by atoms with van der Waals surface area (Å²) in [7, 11) is 2.02. The molecule has 8 heteroatoms. The molecule has 0 saturated carbocycles. The average molecular weight is 335 g/mol. The minimum atomic E-state index is -3.58. The molecule has 0 aromatic carbocycles. The fourth-order valence-electron chi connectivity index (χ4n) is 2.89. The predicted octanol–water partition coefficient (Wildman–Crippen LogP) is 1.41. The van der Waals surface area contributed by atoms with Gasteiger partial charge in [0, 0.05) is 40.1 Å². The molecular formula is C15H21N5O2S. The molecule has 0 amide bonds. The molecule has 2 aromatic rings. The fraction of sp³-hybridized carbons (Fsp3) is 0.467. The maximum atomic E-state index is 12.9. The summed E-state index contributed by atoms with van der Waals surface area (Å²) in [6, 6.07) is 3.68. The van der Waals surface area contributed by atoms with E-state index in [1.165, 1.54) is 6.33 Å². The molecule has 2 aromatic heterocycles. The van der Waals surface area contributed by atoms with E-state index in [0.717, 1.165) is 24.2 Å². The van der Waals surface area contributed by atoms with Crippen LogP contribution in [0, 0.1) is 0 Å². The first-order valence-electron chi connectivity index (χ1n) is 7.52. The van der Waals surface area contributed by atoms with E-state index in [4.69, 9.17) is 0 Å². The summed E-state index contributed by atoms with van der Waals surface area (Å²) in [6.07, 6.45) is 6.44. The Labute approximate surface area is 136 Å². The van der Waals surface area contributed by atoms with Crippen molar-refractivity contribution in [2.24, 2.45) is 7.05 Å². The molecular weight excluding hydrogens is 314 g/mol. The van der Waals surface area contributed by atoms with Gasteiger partial charge in [-0.2, -0.15) is 4.31 Å². The average Bonchev–Trinajstić information content (AvgIpc) is 3.16. The SMILES string of the molecule is CN(C)c1cc([C@H]2CCCN2S(=O)(=O)c2cn(C)cn2)ccn1. The highest BCUT2D eigenvalue weighted by Crippen LogP contribution is 2.36. The van der Waals surface area contributed by atoms with E-state index >= 15 is 0 Å². The zero-order chi connectivity index (χ0) is 16.6. The first kappa shape index (κ1) is 15.9. The number of aryl methyl sites for hydroxylation is 1. The molecule has 0 bridgehead atoms. The van der Waals surface area contributed by atoms with Gasteiger partial charge in [0.15, 0.2) is 5.03 Å². The highest BCUT2D eigenvalue weighted by molar-refractivity contribution is 7.89. The maximum absolute atomic E-state index is 12.9. The van der Waals surface area contributed by atoms with E-state index < -0.39 is 10.0 Å². The number of aromatic nitrogens is 3. The lowest BCUT2D eigenvalue weighted by molar-refractivity contribution is 0.395. The Morgan fingerprint density at radius 2 is 2.09 bits per heavy atom. The number of hydrogen-bond donors (Lipinski definition) is 0. The van der Waals surface area contributed by atoms with Gasteiger partial charge < -0.3 is 9.47 Å². The van der Waals surface area contributed by atoms with Crippen LogP contribution in [-0.4, -0.2) is 47.9 Å². The lowest BCUT2D eigenvalue weighted by Gasteiger charge is -2.24. The van der Waals surface area contributed by atoms with Gasteiger partial charge in [-0.25, -0.2) is 18.4 Å². The van der Waals surface area contributed by atoms with Crippen LogP contribution in [0.4, 0.5) is 5.82 Å². The standard InChI is InChI=1S/C15H21N5O2S/c1-18(2)14-9-12(6-7-16-14)13-5-4-8-20(13)23(21,22)15-10-19(3)11-17-15/h6-7,9-11,13H,4-5,8H2,1-3H3/t13-/m1/s1. The van der Waals surface area contributed by atoms with Crippen LogP contribution >= 0.6 is 0 Å². The monoisotopic (exact) mass is 335 g/mol. The zero-order valence-corrected chi connectivity index (χ0v) is 14.4. The largest absolute Gasteiger partial charge is 0.363 e. The van der Waals surface area contributed by atoms with Gasteiger partial charge in [0.25, 0.3) is 10.0 Å². The van der Waals surface area contributed by atoms with Crippen molar-refractivity contribution in [1.29, 1.82) is 0 Å². The Morgan fingerprint density at radius 1 is 1.30 bits per heavy atom. The first-order valence-corrected chi connectivity index (χ1v) is 8.96. The van der Waals surface area contributed by atoms with Crippen molar-refractivity contribution in [3.63, 3.8) is 0 Å². The molecule has 3 heterocycles. The molecule has 1 saturated heterocycles. The summed E-state index contributed by atoms with van der Waals surface area (Å²) in [5.41, 5.74) is 0.973. The van der Waals surface area contributed by atoms with Crippen LogP contribution in [0.15, 0.2) is 35.9 Å². The summed E-state index contributed by atoms with van der Waals surface area (Å²) in [4.78, 5) is 10.2. The van der Waals surface area contributed by atoms with Crippen molar-refractivity contribution >= 4 is 15.8 Å². The summed E-state index contributed by atoms with van der Waals surface area (Å²) in [5, 5.41) is 0.105. The van der Waals surface area contributed by atoms with Crippen LogP contribution in [0.3, 0.4) is 0 Å². The van der Waals surface area contributed by atoms with Crippen molar-refractivity contribution in [3.05, 3.63) is 36.4 Å². The van der Waals surface area contributed by atoms with Crippen LogP contribution in [0.2, 0.25) is 0 Å². The number of sulfonamides is 1. The minimum Gasteiger partial charge on any atom is -0.363 e. The van der Waals surface area contributed by atoms with Gasteiger partial charge in [-0.05, 0) is 30.5 Å². The van der Waals surface area contributed by atoms with E-state index in [9.17, 15) is 8.42 Å². The van der Waals surface area contributed by atoms with Gasteiger partial charge in [0.1, 0.15) is 5.82 Å². The van der Waals surface area contributed by atoms with Crippen molar-refractivity contribution < 1.29 is 8.42 Å². The minimum absolute atomic E-state index is 0.105. The second-order valence-corrected chi connectivity index (χ2v) is 7.83. The van der Waals surface area contributed by atoms with Crippen molar-refractivity contribution in [2.45, 2.75) is 23.9 Å². The third kappa shape index (κ3) is 2.96. The van der Waals surface area contributed by atoms with Crippen molar-refractivity contribution in [1.82, 2.24) is 18.8 Å². The third-order valence-electron chi connectivity index (χ3n) is 4.07. The molecule has 0 N–H and O–H groups in total. The van der Waals surface area contributed by atoms with E-state index in [0.29, 0.717) is 6.54 Å². The number of nitrogens with zero attached hydrogens (tertiary/aromatic N) is 5. The smallest absolute Gasteiger partial charge is 0.262 e. The van der Waals surface area contributed by atoms with Crippen LogP contribution in [0.1, 0.15) is 24.4 Å². The first-order chi connectivity index (χ1) is 10.9. The predicted molar refractivity (Wildman–Crippen MR) is 87.6 cm³/mol. The number of pyridine rings is 1. The topological polar surface area (TPSA) is 71.3 Å². The van der Waals surface area contributed by atoms with E-state index in [2.05, 4.69) is 9.97 Å². The zero-order valence-electron chi connectivity index (χ0n) is 13.5. The number of rotatable bonds is 4. The van der Waals surface area contributed by atoms with Gasteiger partial charge in [-0.15, -0.1) is 0 Å². The van der Waals surface area contributed by atoms with Crippen LogP contribution in [-0.2, 0) is 17.1 Å². The molecule has 0 aliphatic carbocycles. The van der Waals surface area contributed by atoms with Gasteiger partial charge in [-0.3, -0.25) is 0 Å². The molecule has 124 valence electrons. The molecule has 3 rings (SSSR count). The van der Waals surface area contributed by atoms with Gasteiger partial charge >= 0.3 is 0 Å². The van der Waals surface area contributed by atoms with Crippen LogP contribution < -0.4 is 4.90 Å². The van der Waals surface area contributed by atoms with Crippen LogP contribution in [0.5, 0.6) is 0 Å². The van der Waals surface area contributed by atoms with E-state index in [1.807, 2.05) is 31.1 Å². The molecule has 23 heavy (non-hydrogen) atoms. The van der Waals surface area contributed by atoms with E-state index in [1.54, 1.807) is 28.3 Å². The highest BCUT2D eigenvalue weighted by Gasteiger charge is 2.37. The third-order valence-corrected chi connectivity index (χ3v) is 5.86. The lowest BCUT2D eigenvalue weighted by atomic mass is 10.1. The number of hydrogen-bond acceptors (Lipinski definition) is 5. The summed E-state index contributed by atoms with van der Waals surface area (Å²) in [5.74, 6) is 0.824. The number of imidazole rings is 1. The van der Waals surface area contributed by atoms with Crippen molar-refractivity contribution in [2.75, 3.05) is 25.5 Å². The highest BCUT2D eigenvalue weighted by atomic mass is 32.2. The van der Waals surface area contributed by atoms with E-state index in [-0.39, 0.29) is 11.1 Å². The Hall–Kier alpha value is -1.93. The molecule has 0 spiro atoms. The lowest BCUT2D eigenvalue weighted by Crippen LogP contribution is -2.31. The molecule has 0 unspecified atom stereocenters.